The number of carbonyl (C=O) groups excluding carboxylic acids is 5. The number of rotatable bonds is 6. The van der Waals surface area contributed by atoms with Crippen LogP contribution in [0.4, 0.5) is 14.4 Å². The van der Waals surface area contributed by atoms with Crippen molar-refractivity contribution in [3.63, 3.8) is 0 Å². The van der Waals surface area contributed by atoms with E-state index in [9.17, 15) is 28.8 Å². The fourth-order valence-electron chi connectivity index (χ4n) is 2.05. The van der Waals surface area contributed by atoms with Gasteiger partial charge in [0.2, 0.25) is 0 Å². The van der Waals surface area contributed by atoms with E-state index in [1.54, 1.807) is 0 Å². The molecular formula is C16H24N4O10S3. The van der Waals surface area contributed by atoms with E-state index < -0.39 is 30.0 Å². The lowest BCUT2D eigenvalue weighted by atomic mass is 10.4. The van der Waals surface area contributed by atoms with Crippen LogP contribution < -0.4 is 16.4 Å². The van der Waals surface area contributed by atoms with Crippen LogP contribution in [0.25, 0.3) is 0 Å². The Labute approximate surface area is 202 Å². The lowest BCUT2D eigenvalue weighted by molar-refractivity contribution is -0.177. The molecule has 4 amide bonds. The molecule has 0 aliphatic carbocycles. The minimum Gasteiger partial charge on any atom is -0.480 e. The van der Waals surface area contributed by atoms with Gasteiger partial charge < -0.3 is 31.3 Å². The van der Waals surface area contributed by atoms with E-state index in [0.29, 0.717) is 16.6 Å². The molecule has 6 N–H and O–H groups in total. The second-order valence-corrected chi connectivity index (χ2v) is 8.77. The number of nitrogens with zero attached hydrogens (tertiary/aromatic N) is 1. The largest absolute Gasteiger partial charge is 0.534 e. The van der Waals surface area contributed by atoms with Crippen molar-refractivity contribution in [2.75, 3.05) is 30.5 Å². The molecule has 3 atom stereocenters. The van der Waals surface area contributed by atoms with Crippen molar-refractivity contribution >= 4 is 70.6 Å². The van der Waals surface area contributed by atoms with Crippen molar-refractivity contribution in [2.45, 2.75) is 31.0 Å². The van der Waals surface area contributed by atoms with Gasteiger partial charge >= 0.3 is 12.1 Å². The molecule has 3 rings (SSSR count). The van der Waals surface area contributed by atoms with E-state index in [0.717, 1.165) is 11.8 Å². The van der Waals surface area contributed by atoms with Gasteiger partial charge in [0.25, 0.3) is 22.3 Å². The molecule has 0 radical (unpaired) electrons. The molecule has 3 aliphatic rings. The zero-order valence-corrected chi connectivity index (χ0v) is 19.7. The van der Waals surface area contributed by atoms with Gasteiger partial charge in [-0.25, -0.2) is 4.79 Å². The predicted molar refractivity (Wildman–Crippen MR) is 120 cm³/mol. The maximum absolute atomic E-state index is 11.2. The number of ether oxygens (including phenoxy) is 1. The highest BCUT2D eigenvalue weighted by Gasteiger charge is 2.34. The Morgan fingerprint density at radius 1 is 1.09 bits per heavy atom. The number of thiol groups is 1. The molecule has 3 saturated heterocycles. The summed E-state index contributed by atoms with van der Waals surface area (Å²) >= 11 is 5.96. The van der Waals surface area contributed by atoms with E-state index >= 15 is 0 Å². The van der Waals surface area contributed by atoms with Crippen LogP contribution in [0.3, 0.4) is 0 Å². The topological polar surface area (TPSA) is 215 Å². The van der Waals surface area contributed by atoms with E-state index in [1.807, 2.05) is 0 Å². The Hall–Kier alpha value is -2.21. The van der Waals surface area contributed by atoms with Crippen molar-refractivity contribution in [1.82, 2.24) is 15.7 Å². The fraction of sp³-hybridized carbons (Fsp3) is 0.625. The molecule has 33 heavy (non-hydrogen) atoms. The number of hydroxylamine groups is 2. The second kappa shape index (κ2) is 14.8. The highest BCUT2D eigenvalue weighted by atomic mass is 32.2. The third-order valence-electron chi connectivity index (χ3n) is 3.78. The molecule has 186 valence electrons. The van der Waals surface area contributed by atoms with Crippen molar-refractivity contribution in [3.8, 4) is 0 Å². The minimum atomic E-state index is -1.13. The monoisotopic (exact) mass is 528 g/mol. The molecule has 0 bridgehead atoms. The number of aliphatic carboxylic acids is 1. The lowest BCUT2D eigenvalue weighted by Crippen LogP contribution is -2.35. The summed E-state index contributed by atoms with van der Waals surface area (Å²) in [6.45, 7) is -0.00741. The molecule has 0 aromatic rings. The van der Waals surface area contributed by atoms with E-state index in [-0.39, 0.29) is 54.4 Å². The Balaban J connectivity index is 0.000000300. The van der Waals surface area contributed by atoms with Crippen molar-refractivity contribution in [2.24, 2.45) is 5.73 Å². The summed E-state index contributed by atoms with van der Waals surface area (Å²) in [4.78, 5) is 68.9. The van der Waals surface area contributed by atoms with Crippen molar-refractivity contribution in [1.29, 1.82) is 0 Å². The van der Waals surface area contributed by atoms with Gasteiger partial charge in [-0.3, -0.25) is 28.8 Å². The van der Waals surface area contributed by atoms with E-state index in [2.05, 4.69) is 28.1 Å². The van der Waals surface area contributed by atoms with E-state index in [4.69, 9.17) is 20.7 Å². The summed E-state index contributed by atoms with van der Waals surface area (Å²) in [5, 5.41) is 21.8. The quantitative estimate of drug-likeness (QED) is 0.141. The molecule has 0 spiro atoms. The molecule has 0 saturated carbocycles. The molecule has 0 unspecified atom stereocenters. The van der Waals surface area contributed by atoms with Crippen molar-refractivity contribution in [3.05, 3.63) is 0 Å². The number of thioether (sulfide) groups is 2. The van der Waals surface area contributed by atoms with Gasteiger partial charge in [0.05, 0.1) is 18.7 Å². The van der Waals surface area contributed by atoms with Crippen LogP contribution in [0.1, 0.15) is 12.8 Å². The van der Waals surface area contributed by atoms with Crippen LogP contribution in [-0.2, 0) is 24.0 Å². The Morgan fingerprint density at radius 2 is 1.61 bits per heavy atom. The van der Waals surface area contributed by atoms with Crippen LogP contribution in [0.15, 0.2) is 0 Å². The van der Waals surface area contributed by atoms with Gasteiger partial charge in [0, 0.05) is 30.1 Å². The van der Waals surface area contributed by atoms with Gasteiger partial charge in [0.1, 0.15) is 12.6 Å². The number of hydrogen-bond donors (Lipinski definition) is 6. The van der Waals surface area contributed by atoms with Crippen molar-refractivity contribution < 1.29 is 48.6 Å². The standard InChI is InChI=1S/C9H10N2O6S.C4H7NO2S.C3H7NO2S/c12-6-1-2-7(13)11(6)17-9(15)16-3-5-4-18-8(14)10-5;6-1-3-2-8-4(7)5-3;4-2(1-7)3(5)6/h5H,1-4H2,(H,10,14);3,6H,1-2H2,(H,5,7);2,7H,1,4H2,(H,5,6)/t5-;3-;2-/m001/s1. The number of imide groups is 1. The minimum absolute atomic E-state index is 0.00694. The highest BCUT2D eigenvalue weighted by Crippen LogP contribution is 2.15. The number of carboxylic acids is 1. The smallest absolute Gasteiger partial charge is 0.480 e. The molecule has 3 fully saturated rings. The summed E-state index contributed by atoms with van der Waals surface area (Å²) in [5.74, 6) is -0.753. The van der Waals surface area contributed by atoms with Crippen LogP contribution in [-0.4, -0.2) is 98.3 Å². The third kappa shape index (κ3) is 11.0. The molecule has 3 heterocycles. The van der Waals surface area contributed by atoms with Gasteiger partial charge in [-0.1, -0.05) is 28.6 Å². The van der Waals surface area contributed by atoms with Crippen LogP contribution >= 0.6 is 36.2 Å². The van der Waals surface area contributed by atoms with E-state index in [1.165, 1.54) is 11.8 Å². The first-order valence-electron chi connectivity index (χ1n) is 9.34. The van der Waals surface area contributed by atoms with Crippen LogP contribution in [0.2, 0.25) is 0 Å². The molecule has 14 nitrogen and oxygen atoms in total. The molecule has 3 aliphatic heterocycles. The summed E-state index contributed by atoms with van der Waals surface area (Å²) < 4.78 is 4.70. The first-order valence-corrected chi connectivity index (χ1v) is 11.9. The Kier molecular flexibility index (Phi) is 13.0. The van der Waals surface area contributed by atoms with Gasteiger partial charge in [0.15, 0.2) is 0 Å². The summed E-state index contributed by atoms with van der Waals surface area (Å²) in [6, 6.07) is -1.10. The summed E-state index contributed by atoms with van der Waals surface area (Å²) in [7, 11) is 0. The average Bonchev–Trinajstić information content (AvgIpc) is 3.49. The number of aliphatic hydroxyl groups is 1. The second-order valence-electron chi connectivity index (χ2n) is 6.42. The molecule has 0 aromatic carbocycles. The number of hydrogen-bond acceptors (Lipinski definition) is 13. The maximum Gasteiger partial charge on any atom is 0.534 e. The zero-order chi connectivity index (χ0) is 25.0. The van der Waals surface area contributed by atoms with Gasteiger partial charge in [-0.05, 0) is 0 Å². The normalized spacial score (nSPS) is 22.3. The van der Waals surface area contributed by atoms with Gasteiger partial charge in [-0.15, -0.1) is 0 Å². The van der Waals surface area contributed by atoms with Gasteiger partial charge in [-0.2, -0.15) is 12.6 Å². The van der Waals surface area contributed by atoms with Crippen LogP contribution in [0.5, 0.6) is 0 Å². The lowest BCUT2D eigenvalue weighted by Gasteiger charge is -2.13. The predicted octanol–water partition coefficient (Wildman–Crippen LogP) is -0.840. The molecule has 0 aromatic heterocycles. The number of nitrogens with two attached hydrogens (primary N) is 1. The molecule has 17 heteroatoms. The number of aliphatic hydroxyl groups excluding tert-OH is 1. The number of carboxylic acid groups (broad SMARTS) is 1. The highest BCUT2D eigenvalue weighted by molar-refractivity contribution is 8.14. The Morgan fingerprint density at radius 3 is 1.94 bits per heavy atom. The number of carbonyl (C=O) groups is 6. The Bertz CT molecular complexity index is 740. The third-order valence-corrected chi connectivity index (χ3v) is 6.07. The maximum atomic E-state index is 11.2. The number of amides is 4. The average molecular weight is 529 g/mol. The zero-order valence-electron chi connectivity index (χ0n) is 17.1. The first-order chi connectivity index (χ1) is 15.6. The SMILES string of the molecule is N[C@H](CS)C(=O)O.O=C(OC[C@H]1CSC(=O)N1)ON1C(=O)CCC1=O.O=C1N[C@@H](CO)CS1. The van der Waals surface area contributed by atoms with Crippen LogP contribution in [0, 0.1) is 0 Å². The fourth-order valence-corrected chi connectivity index (χ4v) is 3.78. The molecular weight excluding hydrogens is 504 g/mol. The number of nitrogens with one attached hydrogen (secondary N) is 2. The first kappa shape index (κ1) is 28.8. The summed E-state index contributed by atoms with van der Waals surface area (Å²) in [6.07, 6.45) is -1.08. The summed E-state index contributed by atoms with van der Waals surface area (Å²) in [5.41, 5.74) is 4.94.